The summed E-state index contributed by atoms with van der Waals surface area (Å²) < 4.78 is 68.6. The van der Waals surface area contributed by atoms with Crippen LogP contribution in [0.5, 0.6) is 0 Å². The largest absolute Gasteiger partial charge is 0.472 e. The lowest BCUT2D eigenvalue weighted by Crippen LogP contribution is -2.30. The van der Waals surface area contributed by atoms with Gasteiger partial charge in [0.15, 0.2) is 12.2 Å². The van der Waals surface area contributed by atoms with Gasteiger partial charge in [0.1, 0.15) is 19.3 Å². The number of carbonyl (C=O) groups excluding carboxylic acids is 4. The van der Waals surface area contributed by atoms with Gasteiger partial charge in [0.05, 0.1) is 26.4 Å². The molecule has 0 saturated heterocycles. The highest BCUT2D eigenvalue weighted by molar-refractivity contribution is 7.47. The fourth-order valence-corrected chi connectivity index (χ4v) is 14.0. The summed E-state index contributed by atoms with van der Waals surface area (Å²) in [5.74, 6) is -2.11. The van der Waals surface area contributed by atoms with E-state index in [9.17, 15) is 43.2 Å². The average Bonchev–Trinajstić information content (AvgIpc) is 2.24. The Morgan fingerprint density at radius 3 is 0.596 bits per heavy atom. The van der Waals surface area contributed by atoms with Crippen molar-refractivity contribution in [2.24, 2.45) is 0 Å². The molecule has 0 amide bonds. The minimum absolute atomic E-state index is 0.108. The first kappa shape index (κ1) is 97.1. The third kappa shape index (κ3) is 74.1. The molecule has 5 atom stereocenters. The van der Waals surface area contributed by atoms with Gasteiger partial charge in [0.2, 0.25) is 0 Å². The number of rotatable bonds is 81. The number of aliphatic hydroxyl groups is 1. The highest BCUT2D eigenvalue weighted by Gasteiger charge is 2.30. The topological polar surface area (TPSA) is 237 Å². The SMILES string of the molecule is CCCCCCCCCCCCCCCCCCCCCCCC(=O)O[C@H](COC(=O)CCCCCCCCCCCCCCCCCC)COP(=O)(O)OC[C@@H](O)COP(=O)(O)OC[C@@H](COC(=O)CCCCCCCCCCC)OC(=O)CCCCCCCCCCCCCCC. The van der Waals surface area contributed by atoms with Crippen LogP contribution < -0.4 is 0 Å². The summed E-state index contributed by atoms with van der Waals surface area (Å²) in [5, 5.41) is 10.6. The maximum Gasteiger partial charge on any atom is 0.472 e. The number of ether oxygens (including phenoxy) is 4. The van der Waals surface area contributed by atoms with Gasteiger partial charge < -0.3 is 33.8 Å². The van der Waals surface area contributed by atoms with Crippen LogP contribution in [0.25, 0.3) is 0 Å². The Hall–Kier alpha value is -1.94. The summed E-state index contributed by atoms with van der Waals surface area (Å²) in [4.78, 5) is 72.9. The quantitative estimate of drug-likeness (QED) is 0.0222. The average molecular weight is 1450 g/mol. The molecule has 0 aliphatic rings. The molecule has 0 saturated carbocycles. The van der Waals surface area contributed by atoms with Crippen molar-refractivity contribution in [3.05, 3.63) is 0 Å². The van der Waals surface area contributed by atoms with Crippen molar-refractivity contribution in [3.8, 4) is 0 Å². The molecular weight excluding hydrogens is 1290 g/mol. The van der Waals surface area contributed by atoms with Gasteiger partial charge in [-0.15, -0.1) is 0 Å². The molecule has 0 bridgehead atoms. The second kappa shape index (κ2) is 74.3. The van der Waals surface area contributed by atoms with Crippen LogP contribution in [-0.4, -0.2) is 96.7 Å². The number of hydrogen-bond donors (Lipinski definition) is 3. The zero-order chi connectivity index (χ0) is 72.5. The maximum absolute atomic E-state index is 13.1. The Morgan fingerprint density at radius 1 is 0.242 bits per heavy atom. The molecule has 17 nitrogen and oxygen atoms in total. The second-order valence-corrected chi connectivity index (χ2v) is 31.7. The fourth-order valence-electron chi connectivity index (χ4n) is 12.5. The van der Waals surface area contributed by atoms with Crippen molar-refractivity contribution in [3.63, 3.8) is 0 Å². The van der Waals surface area contributed by atoms with Gasteiger partial charge in [0, 0.05) is 25.7 Å². The van der Waals surface area contributed by atoms with E-state index >= 15 is 0 Å². The predicted octanol–water partition coefficient (Wildman–Crippen LogP) is 24.2. The Balaban J connectivity index is 5.20. The van der Waals surface area contributed by atoms with Crippen molar-refractivity contribution in [1.29, 1.82) is 0 Å². The van der Waals surface area contributed by atoms with E-state index in [4.69, 9.17) is 37.0 Å². The van der Waals surface area contributed by atoms with Crippen LogP contribution in [0.2, 0.25) is 0 Å². The Morgan fingerprint density at radius 2 is 0.404 bits per heavy atom. The van der Waals surface area contributed by atoms with Gasteiger partial charge in [-0.1, -0.05) is 381 Å². The van der Waals surface area contributed by atoms with Crippen molar-refractivity contribution in [2.45, 2.75) is 451 Å². The van der Waals surface area contributed by atoms with Gasteiger partial charge in [0.25, 0.3) is 0 Å². The van der Waals surface area contributed by atoms with Crippen molar-refractivity contribution < 1.29 is 80.2 Å². The highest BCUT2D eigenvalue weighted by atomic mass is 31.2. The summed E-state index contributed by atoms with van der Waals surface area (Å²) in [7, 11) is -9.91. The van der Waals surface area contributed by atoms with Crippen LogP contribution in [0.15, 0.2) is 0 Å². The monoisotopic (exact) mass is 1450 g/mol. The summed E-state index contributed by atoms with van der Waals surface area (Å²) in [6, 6.07) is 0. The van der Waals surface area contributed by atoms with E-state index in [-0.39, 0.29) is 25.7 Å². The molecule has 0 spiro atoms. The molecule has 0 aromatic carbocycles. The molecule has 0 aliphatic heterocycles. The number of carbonyl (C=O) groups is 4. The number of phosphoric ester groups is 2. The van der Waals surface area contributed by atoms with Gasteiger partial charge in [-0.3, -0.25) is 37.3 Å². The molecule has 0 aromatic heterocycles. The van der Waals surface area contributed by atoms with Crippen molar-refractivity contribution in [1.82, 2.24) is 0 Å². The van der Waals surface area contributed by atoms with Gasteiger partial charge in [-0.25, -0.2) is 9.13 Å². The molecule has 0 fully saturated rings. The normalized spacial score (nSPS) is 13.8. The summed E-state index contributed by atoms with van der Waals surface area (Å²) >= 11 is 0. The Kier molecular flexibility index (Phi) is 72.9. The van der Waals surface area contributed by atoms with Gasteiger partial charge in [-0.2, -0.15) is 0 Å². The number of aliphatic hydroxyl groups excluding tert-OH is 1. The van der Waals surface area contributed by atoms with E-state index in [0.29, 0.717) is 25.7 Å². The lowest BCUT2D eigenvalue weighted by atomic mass is 10.0. The van der Waals surface area contributed by atoms with Gasteiger partial charge in [-0.05, 0) is 25.7 Å². The second-order valence-electron chi connectivity index (χ2n) is 28.8. The first-order chi connectivity index (χ1) is 48.2. The molecule has 2 unspecified atom stereocenters. The Labute approximate surface area is 607 Å². The number of esters is 4. The molecule has 588 valence electrons. The predicted molar refractivity (Wildman–Crippen MR) is 405 cm³/mol. The van der Waals surface area contributed by atoms with Crippen LogP contribution in [-0.2, 0) is 65.4 Å². The molecule has 0 aromatic rings. The third-order valence-corrected chi connectivity index (χ3v) is 20.8. The van der Waals surface area contributed by atoms with Crippen molar-refractivity contribution >= 4 is 39.5 Å². The van der Waals surface area contributed by atoms with Crippen LogP contribution in [0.4, 0.5) is 0 Å². The molecule has 19 heteroatoms. The molecule has 0 rings (SSSR count). The lowest BCUT2D eigenvalue weighted by Gasteiger charge is -2.21. The fraction of sp³-hybridized carbons (Fsp3) is 0.950. The minimum Gasteiger partial charge on any atom is -0.462 e. The molecular formula is C80H156O17P2. The Bertz CT molecular complexity index is 1880. The van der Waals surface area contributed by atoms with Crippen LogP contribution in [0.1, 0.15) is 432 Å². The first-order valence-electron chi connectivity index (χ1n) is 41.8. The number of phosphoric acid groups is 2. The summed E-state index contributed by atoms with van der Waals surface area (Å²) in [6.45, 7) is 5.00. The summed E-state index contributed by atoms with van der Waals surface area (Å²) in [6.07, 6.45) is 66.6. The summed E-state index contributed by atoms with van der Waals surface area (Å²) in [5.41, 5.74) is 0. The van der Waals surface area contributed by atoms with Crippen LogP contribution in [0, 0.1) is 0 Å². The minimum atomic E-state index is -4.96. The lowest BCUT2D eigenvalue weighted by molar-refractivity contribution is -0.161. The number of unbranched alkanes of at least 4 members (excludes halogenated alkanes) is 55. The first-order valence-corrected chi connectivity index (χ1v) is 44.8. The van der Waals surface area contributed by atoms with E-state index in [1.165, 1.54) is 263 Å². The maximum atomic E-state index is 13.1. The molecule has 3 N–H and O–H groups in total. The zero-order valence-electron chi connectivity index (χ0n) is 64.5. The van der Waals surface area contributed by atoms with E-state index in [2.05, 4.69) is 27.7 Å². The van der Waals surface area contributed by atoms with E-state index < -0.39 is 97.5 Å². The zero-order valence-corrected chi connectivity index (χ0v) is 66.3. The molecule has 0 aliphatic carbocycles. The van der Waals surface area contributed by atoms with E-state index in [1.807, 2.05) is 0 Å². The van der Waals surface area contributed by atoms with Crippen molar-refractivity contribution in [2.75, 3.05) is 39.6 Å². The third-order valence-electron chi connectivity index (χ3n) is 18.9. The van der Waals surface area contributed by atoms with Gasteiger partial charge >= 0.3 is 39.5 Å². The standard InChI is InChI=1S/C80H156O17P2/c1-5-9-13-17-21-25-28-31-33-35-36-37-38-39-41-44-47-51-55-59-63-67-80(85)97-76(71-91-78(83)65-61-57-53-49-45-43-40-34-32-29-26-22-18-14-10-6-2)73-95-99(88,89)93-69-74(81)68-92-98(86,87)94-72-75(70-90-77(82)64-60-56-52-48-24-20-16-12-8-4)96-79(84)66-62-58-54-50-46-42-30-27-23-19-15-11-7-3/h74-76,81H,5-73H2,1-4H3,(H,86,87)(H,88,89)/t74-,75+,76+/m0/s1. The number of hydrogen-bond acceptors (Lipinski definition) is 15. The van der Waals surface area contributed by atoms with Crippen LogP contribution in [0.3, 0.4) is 0 Å². The van der Waals surface area contributed by atoms with E-state index in [0.717, 1.165) is 89.9 Å². The van der Waals surface area contributed by atoms with Crippen LogP contribution >= 0.6 is 15.6 Å². The highest BCUT2D eigenvalue weighted by Crippen LogP contribution is 2.45. The molecule has 0 heterocycles. The van der Waals surface area contributed by atoms with E-state index in [1.54, 1.807) is 0 Å². The smallest absolute Gasteiger partial charge is 0.462 e. The molecule has 0 radical (unpaired) electrons. The molecule has 99 heavy (non-hydrogen) atoms.